The Morgan fingerprint density at radius 3 is 1.63 bits per heavy atom. The fourth-order valence-corrected chi connectivity index (χ4v) is 8.95. The average molecular weight is 681 g/mol. The number of anilines is 1. The number of hydrogen-bond acceptors (Lipinski definition) is 7. The van der Waals surface area contributed by atoms with Crippen LogP contribution in [-0.4, -0.2) is 54.5 Å². The van der Waals surface area contributed by atoms with E-state index in [0.717, 1.165) is 22.4 Å². The summed E-state index contributed by atoms with van der Waals surface area (Å²) in [5, 5.41) is 3.23. The number of nitrogens with zero attached hydrogens (tertiary/aromatic N) is 1. The van der Waals surface area contributed by atoms with Crippen molar-refractivity contribution in [3.05, 3.63) is 134 Å². The van der Waals surface area contributed by atoms with Gasteiger partial charge in [-0.2, -0.15) is 0 Å². The Hall–Kier alpha value is -4.16. The maximum atomic E-state index is 14.6. The molecule has 0 heterocycles. The molecule has 0 aliphatic heterocycles. The van der Waals surface area contributed by atoms with Crippen LogP contribution in [0, 0.1) is 41.5 Å². The molecule has 0 aromatic heterocycles. The highest BCUT2D eigenvalue weighted by Gasteiger charge is 2.45. The molecule has 0 aliphatic rings. The van der Waals surface area contributed by atoms with E-state index in [0.29, 0.717) is 40.7 Å². The number of ketones is 1. The smallest absolute Gasteiger partial charge is 0.340 e. The normalized spacial score (nSPS) is 12.9. The average Bonchev–Trinajstić information content (AvgIpc) is 3.04. The van der Waals surface area contributed by atoms with Gasteiger partial charge in [0.2, 0.25) is 0 Å². The first kappa shape index (κ1) is 37.7. The van der Waals surface area contributed by atoms with Crippen molar-refractivity contribution in [1.29, 1.82) is 0 Å². The largest absolute Gasteiger partial charge is 0.383 e. The third-order valence-electron chi connectivity index (χ3n) is 9.37. The highest BCUT2D eigenvalue weighted by atomic mass is 31.2. The Morgan fingerprint density at radius 2 is 1.20 bits per heavy atom. The van der Waals surface area contributed by atoms with E-state index in [-0.39, 0.29) is 30.1 Å². The molecule has 0 fully saturated rings. The van der Waals surface area contributed by atoms with Crippen LogP contribution in [0.1, 0.15) is 83.4 Å². The van der Waals surface area contributed by atoms with Crippen LogP contribution in [-0.2, 0) is 15.5 Å². The fourth-order valence-electron chi connectivity index (χ4n) is 6.89. The molecule has 8 heteroatoms. The zero-order valence-corrected chi connectivity index (χ0v) is 31.2. The van der Waals surface area contributed by atoms with Gasteiger partial charge in [-0.1, -0.05) is 72.6 Å². The van der Waals surface area contributed by atoms with Crippen molar-refractivity contribution in [3.8, 4) is 0 Å². The second-order valence-electron chi connectivity index (χ2n) is 13.3. The highest BCUT2D eigenvalue weighted by molar-refractivity contribution is 7.91. The van der Waals surface area contributed by atoms with E-state index in [4.69, 9.17) is 4.52 Å². The minimum absolute atomic E-state index is 0.0417. The molecular formula is C41H49N2O5P. The Kier molecular flexibility index (Phi) is 12.0. The van der Waals surface area contributed by atoms with E-state index in [1.165, 1.54) is 0 Å². The van der Waals surface area contributed by atoms with Crippen LogP contribution in [0.3, 0.4) is 0 Å². The fraction of sp³-hybridized carbons (Fsp3) is 0.341. The Balaban J connectivity index is 1.54. The van der Waals surface area contributed by atoms with Gasteiger partial charge in [0.15, 0.2) is 5.78 Å². The number of aryl methyl sites for hydroxylation is 6. The number of carbonyl (C=O) groups excluding carboxylic acids is 3. The lowest BCUT2D eigenvalue weighted by molar-refractivity contribution is 0.0666. The third-order valence-corrected chi connectivity index (χ3v) is 11.4. The van der Waals surface area contributed by atoms with Gasteiger partial charge < -0.3 is 9.84 Å². The maximum Gasteiger partial charge on any atom is 0.340 e. The summed E-state index contributed by atoms with van der Waals surface area (Å²) < 4.78 is 20.5. The highest BCUT2D eigenvalue weighted by Crippen LogP contribution is 2.54. The van der Waals surface area contributed by atoms with E-state index >= 15 is 0 Å². The van der Waals surface area contributed by atoms with Crippen molar-refractivity contribution < 1.29 is 23.5 Å². The zero-order valence-electron chi connectivity index (χ0n) is 30.3. The molecule has 4 aromatic carbocycles. The maximum absolute atomic E-state index is 14.6. The van der Waals surface area contributed by atoms with Crippen LogP contribution in [0.2, 0.25) is 0 Å². The monoisotopic (exact) mass is 680 g/mol. The van der Waals surface area contributed by atoms with Gasteiger partial charge in [0, 0.05) is 28.9 Å². The first-order valence-electron chi connectivity index (χ1n) is 16.7. The molecule has 1 unspecified atom stereocenters. The predicted octanol–water partition coefficient (Wildman–Crippen LogP) is 9.06. The van der Waals surface area contributed by atoms with Crippen LogP contribution >= 0.6 is 7.37 Å². The molecule has 4 rings (SSSR count). The summed E-state index contributed by atoms with van der Waals surface area (Å²) >= 11 is 0. The van der Waals surface area contributed by atoms with Crippen LogP contribution in [0.5, 0.6) is 0 Å². The molecule has 7 nitrogen and oxygen atoms in total. The topological polar surface area (TPSA) is 92.8 Å². The molecular weight excluding hydrogens is 631 g/mol. The number of hydrogen-bond donors (Lipinski definition) is 1. The number of nitrogens with one attached hydrogen (secondary N) is 1. The molecule has 49 heavy (non-hydrogen) atoms. The van der Waals surface area contributed by atoms with Crippen LogP contribution in [0.25, 0.3) is 0 Å². The summed E-state index contributed by atoms with van der Waals surface area (Å²) in [4.78, 5) is 44.1. The summed E-state index contributed by atoms with van der Waals surface area (Å²) in [5.74, 6) is 0.0417. The van der Waals surface area contributed by atoms with Crippen LogP contribution < -0.4 is 5.32 Å². The molecule has 0 amide bonds. The van der Waals surface area contributed by atoms with Gasteiger partial charge in [-0.05, 0) is 121 Å². The van der Waals surface area contributed by atoms with Gasteiger partial charge in [-0.15, -0.1) is 0 Å². The van der Waals surface area contributed by atoms with Gasteiger partial charge in [0.1, 0.15) is 0 Å². The third kappa shape index (κ3) is 8.02. The van der Waals surface area contributed by atoms with E-state index in [9.17, 15) is 18.9 Å². The number of rotatable bonds is 15. The van der Waals surface area contributed by atoms with Crippen molar-refractivity contribution >= 4 is 29.9 Å². The minimum Gasteiger partial charge on any atom is -0.383 e. The lowest BCUT2D eigenvalue weighted by Crippen LogP contribution is -2.52. The summed E-state index contributed by atoms with van der Waals surface area (Å²) in [6, 6.07) is 24.7. The van der Waals surface area contributed by atoms with Gasteiger partial charge in [-0.25, -0.2) is 0 Å². The molecule has 0 saturated heterocycles. The van der Waals surface area contributed by atoms with Crippen LogP contribution in [0.15, 0.2) is 78.9 Å². The Labute approximate surface area is 291 Å². The number of carbonyl (C=O) groups is 3. The molecule has 4 aromatic rings. The first-order chi connectivity index (χ1) is 23.1. The number of benzene rings is 4. The first-order valence-corrected chi connectivity index (χ1v) is 18.4. The second kappa shape index (κ2) is 15.6. The SMILES string of the molecule is CCC(Cc1ccccc1)(C(=O)c1ccc(NCCOP(=O)(C(=O)c2c(C)cc(C)cc2C)C(=O)c2c(C)cc(C)cc2C)cc1)N(C)C. The van der Waals surface area contributed by atoms with Crippen LogP contribution in [0.4, 0.5) is 5.69 Å². The molecule has 0 saturated carbocycles. The van der Waals surface area contributed by atoms with Crippen molar-refractivity contribution in [3.63, 3.8) is 0 Å². The second-order valence-corrected chi connectivity index (χ2v) is 15.5. The van der Waals surface area contributed by atoms with Crippen molar-refractivity contribution in [1.82, 2.24) is 4.90 Å². The molecule has 1 N–H and O–H groups in total. The van der Waals surface area contributed by atoms with E-state index in [2.05, 4.69) is 5.32 Å². The molecule has 0 aliphatic carbocycles. The van der Waals surface area contributed by atoms with Crippen molar-refractivity contribution in [2.75, 3.05) is 32.6 Å². The molecule has 0 radical (unpaired) electrons. The predicted molar refractivity (Wildman–Crippen MR) is 200 cm³/mol. The van der Waals surface area contributed by atoms with Gasteiger partial charge in [0.25, 0.3) is 11.0 Å². The Bertz CT molecular complexity index is 1780. The number of likely N-dealkylation sites (N-methyl/N-ethyl adjacent to an activating group) is 1. The Morgan fingerprint density at radius 1 is 0.735 bits per heavy atom. The van der Waals surface area contributed by atoms with E-state index in [1.807, 2.05) is 106 Å². The van der Waals surface area contributed by atoms with Gasteiger partial charge >= 0.3 is 7.37 Å². The lowest BCUT2D eigenvalue weighted by Gasteiger charge is -2.38. The summed E-state index contributed by atoms with van der Waals surface area (Å²) in [6.45, 7) is 13.0. The van der Waals surface area contributed by atoms with Gasteiger partial charge in [-0.3, -0.25) is 23.8 Å². The van der Waals surface area contributed by atoms with Crippen molar-refractivity contribution in [2.24, 2.45) is 0 Å². The standard InChI is InChI=1S/C41H49N2O5P/c1-10-41(43(8)9,26-33-14-12-11-13-15-33)38(44)34-16-18-35(19-17-34)42-20-21-48-49(47,39(45)36-29(4)22-27(2)23-30(36)5)40(46)37-31(6)24-28(3)25-32(37)7/h11-19,22-25,42H,10,20-21,26H2,1-9H3. The summed E-state index contributed by atoms with van der Waals surface area (Å²) in [5.41, 5.74) is 5.18. The van der Waals surface area contributed by atoms with E-state index < -0.39 is 24.0 Å². The van der Waals surface area contributed by atoms with E-state index in [1.54, 1.807) is 39.8 Å². The minimum atomic E-state index is -4.55. The zero-order chi connectivity index (χ0) is 36.1. The molecule has 0 spiro atoms. The molecule has 0 bridgehead atoms. The molecule has 1 atom stereocenters. The molecule has 258 valence electrons. The van der Waals surface area contributed by atoms with Gasteiger partial charge in [0.05, 0.1) is 12.1 Å². The number of Topliss-reactive ketones (excluding diaryl/α,β-unsaturated/α-hetero) is 1. The van der Waals surface area contributed by atoms with Crippen molar-refractivity contribution in [2.45, 2.75) is 66.8 Å². The lowest BCUT2D eigenvalue weighted by atomic mass is 9.80. The quantitative estimate of drug-likeness (QED) is 0.0761. The summed E-state index contributed by atoms with van der Waals surface area (Å²) in [7, 11) is -0.670. The summed E-state index contributed by atoms with van der Waals surface area (Å²) in [6.07, 6.45) is 1.24.